The average molecular weight is 657 g/mol. The molecule has 0 aliphatic rings. The van der Waals surface area contributed by atoms with Crippen molar-refractivity contribution in [1.82, 2.24) is 30.6 Å². The molecule has 48 heavy (non-hydrogen) atoms. The number of nitrogens with one attached hydrogen (secondary N) is 4. The van der Waals surface area contributed by atoms with Gasteiger partial charge in [0.2, 0.25) is 0 Å². The third-order valence-corrected chi connectivity index (χ3v) is 7.67. The van der Waals surface area contributed by atoms with Crippen molar-refractivity contribution in [1.29, 1.82) is 0 Å². The van der Waals surface area contributed by atoms with E-state index in [4.69, 9.17) is 9.47 Å². The van der Waals surface area contributed by atoms with Gasteiger partial charge in [0.15, 0.2) is 0 Å². The Balaban J connectivity index is 1.48. The van der Waals surface area contributed by atoms with Crippen LogP contribution in [0.3, 0.4) is 0 Å². The smallest absolute Gasteiger partial charge is 0.396 e. The van der Waals surface area contributed by atoms with Crippen LogP contribution < -0.4 is 10.6 Å². The third-order valence-electron chi connectivity index (χ3n) is 7.67. The minimum Gasteiger partial charge on any atom is -0.459 e. The molecule has 0 aliphatic carbocycles. The molecule has 0 radical (unpaired) electrons. The largest absolute Gasteiger partial charge is 0.459 e. The molecule has 0 aliphatic heterocycles. The predicted octanol–water partition coefficient (Wildman–Crippen LogP) is 5.67. The molecule has 2 atom stereocenters. The summed E-state index contributed by atoms with van der Waals surface area (Å²) in [6, 6.07) is 14.9. The van der Waals surface area contributed by atoms with Crippen LogP contribution >= 0.6 is 0 Å². The molecule has 0 unspecified atom stereocenters. The lowest BCUT2D eigenvalue weighted by atomic mass is 9.86. The zero-order valence-electron chi connectivity index (χ0n) is 28.7. The molecule has 12 nitrogen and oxygen atoms in total. The van der Waals surface area contributed by atoms with Crippen LogP contribution in [0.15, 0.2) is 60.9 Å². The molecule has 2 aromatic heterocycles. The van der Waals surface area contributed by atoms with Gasteiger partial charge in [-0.05, 0) is 46.9 Å². The number of hydrogen-bond donors (Lipinski definition) is 4. The number of hydrogen-bond acceptors (Lipinski definition) is 8. The number of carbonyl (C=O) groups is 4. The number of esters is 2. The third kappa shape index (κ3) is 8.55. The molecule has 4 N–H and O–H groups in total. The summed E-state index contributed by atoms with van der Waals surface area (Å²) in [5, 5.41) is 5.50. The maximum atomic E-state index is 12.4. The number of nitrogens with zero attached hydrogens (tertiary/aromatic N) is 2. The van der Waals surface area contributed by atoms with Crippen molar-refractivity contribution in [2.75, 3.05) is 13.2 Å². The van der Waals surface area contributed by atoms with Crippen LogP contribution in [0.25, 0.3) is 33.6 Å². The second-order valence-corrected chi connectivity index (χ2v) is 13.5. The summed E-state index contributed by atoms with van der Waals surface area (Å²) in [5.41, 5.74) is 4.53. The van der Waals surface area contributed by atoms with Crippen molar-refractivity contribution in [2.24, 2.45) is 10.8 Å². The highest BCUT2D eigenvalue weighted by Crippen LogP contribution is 2.34. The first-order chi connectivity index (χ1) is 22.6. The van der Waals surface area contributed by atoms with E-state index < -0.39 is 46.7 Å². The maximum Gasteiger partial charge on any atom is 0.396 e. The van der Waals surface area contributed by atoms with Crippen molar-refractivity contribution in [3.8, 4) is 33.6 Å². The molecular weight excluding hydrogens is 612 g/mol. The molecule has 0 saturated carbocycles. The number of aromatic nitrogens is 4. The van der Waals surface area contributed by atoms with Gasteiger partial charge in [0.05, 0.1) is 49.1 Å². The van der Waals surface area contributed by atoms with Gasteiger partial charge in [-0.2, -0.15) is 0 Å². The van der Waals surface area contributed by atoms with E-state index in [1.165, 1.54) is 0 Å². The molecule has 0 fully saturated rings. The lowest BCUT2D eigenvalue weighted by molar-refractivity contribution is -0.155. The summed E-state index contributed by atoms with van der Waals surface area (Å²) in [4.78, 5) is 64.3. The number of amides is 2. The van der Waals surface area contributed by atoms with Crippen LogP contribution in [-0.2, 0) is 28.7 Å². The lowest BCUT2D eigenvalue weighted by Gasteiger charge is -2.29. The molecule has 2 aromatic carbocycles. The fourth-order valence-corrected chi connectivity index (χ4v) is 5.11. The summed E-state index contributed by atoms with van der Waals surface area (Å²) in [5.74, 6) is -2.41. The highest BCUT2D eigenvalue weighted by Gasteiger charge is 2.34. The van der Waals surface area contributed by atoms with Crippen LogP contribution in [0.5, 0.6) is 0 Å². The summed E-state index contributed by atoms with van der Waals surface area (Å²) in [7, 11) is 0. The zero-order valence-corrected chi connectivity index (χ0v) is 28.7. The van der Waals surface area contributed by atoms with Crippen molar-refractivity contribution in [3.63, 3.8) is 0 Å². The Bertz CT molecular complexity index is 1610. The Morgan fingerprint density at radius 3 is 1.21 bits per heavy atom. The van der Waals surface area contributed by atoms with Gasteiger partial charge >= 0.3 is 23.8 Å². The van der Waals surface area contributed by atoms with Crippen LogP contribution in [0, 0.1) is 10.8 Å². The fourth-order valence-electron chi connectivity index (χ4n) is 5.11. The highest BCUT2D eigenvalue weighted by atomic mass is 16.5. The molecule has 2 amide bonds. The minimum atomic E-state index is -0.927. The molecule has 254 valence electrons. The van der Waals surface area contributed by atoms with Crippen molar-refractivity contribution < 1.29 is 28.7 Å². The standard InChI is InChI=1S/C36H44N6O6/c1-9-47-33(45)31(43)41-27(35(3,4)5)29-37-19-25(39-29)23-15-11-21(12-16-23)22-13-17-24(18-14-22)26-20-38-30(40-26)28(36(6,7)8)42-32(44)34(46)48-10-2/h11-20,27-28H,9-10H2,1-8H3,(H,37,39)(H,38,40)(H,41,43)(H,42,44)/t27-,28-/m1/s1. The van der Waals surface area contributed by atoms with Crippen LogP contribution in [0.4, 0.5) is 0 Å². The van der Waals surface area contributed by atoms with Crippen LogP contribution in [0.1, 0.15) is 79.1 Å². The summed E-state index contributed by atoms with van der Waals surface area (Å²) in [6.07, 6.45) is 3.42. The van der Waals surface area contributed by atoms with Crippen LogP contribution in [-0.4, -0.2) is 56.9 Å². The van der Waals surface area contributed by atoms with E-state index in [0.29, 0.717) is 11.6 Å². The molecule has 2 heterocycles. The molecular formula is C36H44N6O6. The second kappa shape index (κ2) is 14.7. The number of aromatic amines is 2. The van der Waals surface area contributed by atoms with E-state index >= 15 is 0 Å². The Labute approximate surface area is 280 Å². The number of H-pyrrole nitrogens is 2. The van der Waals surface area contributed by atoms with Gasteiger partial charge in [0.1, 0.15) is 11.6 Å². The number of ether oxygens (including phenoxy) is 2. The summed E-state index contributed by atoms with van der Waals surface area (Å²) in [6.45, 7) is 15.2. The Morgan fingerprint density at radius 2 is 0.917 bits per heavy atom. The second-order valence-electron chi connectivity index (χ2n) is 13.5. The van der Waals surface area contributed by atoms with Gasteiger partial charge in [-0.3, -0.25) is 9.59 Å². The molecule has 0 bridgehead atoms. The fraction of sp³-hybridized carbons (Fsp3) is 0.389. The number of rotatable bonds is 9. The van der Waals surface area contributed by atoms with E-state index in [0.717, 1.165) is 33.6 Å². The summed E-state index contributed by atoms with van der Waals surface area (Å²) >= 11 is 0. The highest BCUT2D eigenvalue weighted by molar-refractivity contribution is 6.32. The average Bonchev–Trinajstić information content (AvgIpc) is 3.72. The van der Waals surface area contributed by atoms with Gasteiger partial charge in [-0.15, -0.1) is 0 Å². The quantitative estimate of drug-likeness (QED) is 0.132. The number of imidazole rings is 2. The molecule has 4 aromatic rings. The monoisotopic (exact) mass is 656 g/mol. The first-order valence-electron chi connectivity index (χ1n) is 15.9. The summed E-state index contributed by atoms with van der Waals surface area (Å²) < 4.78 is 9.68. The maximum absolute atomic E-state index is 12.4. The molecule has 0 saturated heterocycles. The number of carbonyl (C=O) groups excluding carboxylic acids is 4. The van der Waals surface area contributed by atoms with E-state index in [9.17, 15) is 19.2 Å². The van der Waals surface area contributed by atoms with Crippen molar-refractivity contribution in [3.05, 3.63) is 72.6 Å². The molecule has 4 rings (SSSR count). The van der Waals surface area contributed by atoms with E-state index in [2.05, 4.69) is 30.6 Å². The topological polar surface area (TPSA) is 168 Å². The number of benzene rings is 2. The Hall–Kier alpha value is -5.26. The SMILES string of the molecule is CCOC(=O)C(=O)N[C@H](c1ncc(-c2ccc(-c3ccc(-c4cnc([C@@H](NC(=O)C(=O)OCC)C(C)(C)C)[nH]4)cc3)cc2)[nH]1)C(C)(C)C. The van der Waals surface area contributed by atoms with E-state index in [1.54, 1.807) is 26.2 Å². The predicted molar refractivity (Wildman–Crippen MR) is 181 cm³/mol. The Kier molecular flexibility index (Phi) is 10.9. The van der Waals surface area contributed by atoms with Gasteiger partial charge in [0.25, 0.3) is 0 Å². The zero-order chi connectivity index (χ0) is 35.2. The van der Waals surface area contributed by atoms with Crippen LogP contribution in [0.2, 0.25) is 0 Å². The van der Waals surface area contributed by atoms with Crippen molar-refractivity contribution >= 4 is 23.8 Å². The molecule has 0 spiro atoms. The van der Waals surface area contributed by atoms with Gasteiger partial charge < -0.3 is 30.1 Å². The van der Waals surface area contributed by atoms with Crippen molar-refractivity contribution in [2.45, 2.75) is 67.5 Å². The van der Waals surface area contributed by atoms with Gasteiger partial charge in [0, 0.05) is 0 Å². The molecule has 12 heteroatoms. The first-order valence-corrected chi connectivity index (χ1v) is 15.9. The van der Waals surface area contributed by atoms with E-state index in [-0.39, 0.29) is 13.2 Å². The van der Waals surface area contributed by atoms with E-state index in [1.807, 2.05) is 90.1 Å². The van der Waals surface area contributed by atoms with Gasteiger partial charge in [-0.1, -0.05) is 90.1 Å². The normalized spacial score (nSPS) is 12.9. The van der Waals surface area contributed by atoms with Gasteiger partial charge in [-0.25, -0.2) is 19.6 Å². The lowest BCUT2D eigenvalue weighted by Crippen LogP contribution is -2.41. The minimum absolute atomic E-state index is 0.115. The Morgan fingerprint density at radius 1 is 0.604 bits per heavy atom. The first kappa shape index (κ1) is 35.6.